The Labute approximate surface area is 144 Å². The number of anilines is 1. The SMILES string of the molecule is Cc1cccc(NC(=O)C[NH+](C)[C@@H]2CCCc3ccccc32)c1C. The van der Waals surface area contributed by atoms with Gasteiger partial charge in [0.2, 0.25) is 0 Å². The highest BCUT2D eigenvalue weighted by atomic mass is 16.2. The first-order valence-electron chi connectivity index (χ1n) is 8.82. The normalized spacial score (nSPS) is 17.9. The van der Waals surface area contributed by atoms with Crippen molar-refractivity contribution in [3.63, 3.8) is 0 Å². The molecule has 3 nitrogen and oxygen atoms in total. The molecule has 24 heavy (non-hydrogen) atoms. The van der Waals surface area contributed by atoms with Crippen molar-refractivity contribution in [2.24, 2.45) is 0 Å². The van der Waals surface area contributed by atoms with Gasteiger partial charge >= 0.3 is 0 Å². The molecule has 1 aliphatic carbocycles. The van der Waals surface area contributed by atoms with Gasteiger partial charge in [-0.25, -0.2) is 0 Å². The zero-order valence-electron chi connectivity index (χ0n) is 14.9. The van der Waals surface area contributed by atoms with Crippen molar-refractivity contribution in [1.29, 1.82) is 0 Å². The lowest BCUT2D eigenvalue weighted by Gasteiger charge is -2.30. The average molecular weight is 323 g/mol. The molecule has 2 aromatic rings. The molecule has 1 amide bonds. The fourth-order valence-corrected chi connectivity index (χ4v) is 3.72. The Hall–Kier alpha value is -2.13. The van der Waals surface area contributed by atoms with Gasteiger partial charge in [0, 0.05) is 17.7 Å². The third-order valence-electron chi connectivity index (χ3n) is 5.28. The van der Waals surface area contributed by atoms with Gasteiger partial charge in [-0.05, 0) is 49.4 Å². The molecule has 0 saturated heterocycles. The van der Waals surface area contributed by atoms with Crippen LogP contribution in [0.25, 0.3) is 0 Å². The monoisotopic (exact) mass is 323 g/mol. The van der Waals surface area contributed by atoms with E-state index in [1.54, 1.807) is 0 Å². The van der Waals surface area contributed by atoms with Gasteiger partial charge in [0.05, 0.1) is 7.05 Å². The second-order valence-electron chi connectivity index (χ2n) is 6.96. The van der Waals surface area contributed by atoms with E-state index >= 15 is 0 Å². The van der Waals surface area contributed by atoms with Crippen LogP contribution in [-0.2, 0) is 11.2 Å². The van der Waals surface area contributed by atoms with E-state index in [9.17, 15) is 4.79 Å². The molecule has 126 valence electrons. The summed E-state index contributed by atoms with van der Waals surface area (Å²) in [7, 11) is 2.13. The number of carbonyl (C=O) groups excluding carboxylic acids is 1. The van der Waals surface area contributed by atoms with Crippen molar-refractivity contribution >= 4 is 11.6 Å². The zero-order chi connectivity index (χ0) is 17.1. The van der Waals surface area contributed by atoms with Gasteiger partial charge in [0.25, 0.3) is 5.91 Å². The molecular formula is C21H27N2O+. The second kappa shape index (κ2) is 7.18. The van der Waals surface area contributed by atoms with Crippen molar-refractivity contribution in [2.45, 2.75) is 39.2 Å². The van der Waals surface area contributed by atoms with Gasteiger partial charge < -0.3 is 10.2 Å². The second-order valence-corrected chi connectivity index (χ2v) is 6.96. The lowest BCUT2D eigenvalue weighted by atomic mass is 9.87. The molecule has 0 saturated carbocycles. The fourth-order valence-electron chi connectivity index (χ4n) is 3.72. The fraction of sp³-hybridized carbons (Fsp3) is 0.381. The van der Waals surface area contributed by atoms with Gasteiger partial charge in [0.15, 0.2) is 6.54 Å². The molecule has 0 aromatic heterocycles. The Balaban J connectivity index is 1.68. The Morgan fingerprint density at radius 1 is 1.17 bits per heavy atom. The Morgan fingerprint density at radius 3 is 2.79 bits per heavy atom. The number of hydrogen-bond donors (Lipinski definition) is 2. The highest BCUT2D eigenvalue weighted by Gasteiger charge is 2.27. The van der Waals surface area contributed by atoms with Gasteiger partial charge in [-0.1, -0.05) is 36.4 Å². The van der Waals surface area contributed by atoms with Crippen molar-refractivity contribution in [3.8, 4) is 0 Å². The van der Waals surface area contributed by atoms with E-state index in [-0.39, 0.29) is 5.91 Å². The summed E-state index contributed by atoms with van der Waals surface area (Å²) in [4.78, 5) is 13.8. The molecule has 2 aromatic carbocycles. The van der Waals surface area contributed by atoms with Crippen LogP contribution in [0.15, 0.2) is 42.5 Å². The molecule has 0 heterocycles. The standard InChI is InChI=1S/C21H26N2O/c1-15-8-6-12-19(16(15)2)22-21(24)14-23(3)20-13-7-10-17-9-4-5-11-18(17)20/h4-6,8-9,11-12,20H,7,10,13-14H2,1-3H3,(H,22,24)/p+1/t20-/m1/s1. The maximum atomic E-state index is 12.5. The lowest BCUT2D eigenvalue weighted by molar-refractivity contribution is -0.905. The van der Waals surface area contributed by atoms with Gasteiger partial charge in [-0.3, -0.25) is 4.79 Å². The quantitative estimate of drug-likeness (QED) is 0.891. The van der Waals surface area contributed by atoms with Crippen LogP contribution in [0.1, 0.15) is 41.1 Å². The van der Waals surface area contributed by atoms with Crippen molar-refractivity contribution in [3.05, 3.63) is 64.7 Å². The number of fused-ring (bicyclic) bond motifs is 1. The van der Waals surface area contributed by atoms with E-state index < -0.39 is 0 Å². The number of rotatable bonds is 4. The van der Waals surface area contributed by atoms with Gasteiger partial charge in [-0.2, -0.15) is 0 Å². The highest BCUT2D eigenvalue weighted by Crippen LogP contribution is 2.27. The van der Waals surface area contributed by atoms with Crippen LogP contribution in [-0.4, -0.2) is 19.5 Å². The molecule has 3 rings (SSSR count). The maximum absolute atomic E-state index is 12.5. The van der Waals surface area contributed by atoms with E-state index in [2.05, 4.69) is 56.5 Å². The number of hydrogen-bond acceptors (Lipinski definition) is 1. The van der Waals surface area contributed by atoms with E-state index in [0.29, 0.717) is 12.6 Å². The summed E-state index contributed by atoms with van der Waals surface area (Å²) in [5, 5.41) is 3.09. The molecular weight excluding hydrogens is 296 g/mol. The third kappa shape index (κ3) is 3.51. The molecule has 0 fully saturated rings. The largest absolute Gasteiger partial charge is 0.323 e. The number of aryl methyl sites for hydroxylation is 2. The highest BCUT2D eigenvalue weighted by molar-refractivity contribution is 5.92. The Bertz CT molecular complexity index is 738. The Morgan fingerprint density at radius 2 is 1.96 bits per heavy atom. The summed E-state index contributed by atoms with van der Waals surface area (Å²) in [6.45, 7) is 4.62. The first-order valence-corrected chi connectivity index (χ1v) is 8.82. The molecule has 2 atom stereocenters. The van der Waals surface area contributed by atoms with E-state index in [1.165, 1.54) is 28.0 Å². The predicted molar refractivity (Wildman–Crippen MR) is 98.4 cm³/mol. The summed E-state index contributed by atoms with van der Waals surface area (Å²) in [5.74, 6) is 0.0873. The molecule has 0 bridgehead atoms. The number of amides is 1. The number of carbonyl (C=O) groups is 1. The molecule has 1 unspecified atom stereocenters. The Kier molecular flexibility index (Phi) is 5.00. The maximum Gasteiger partial charge on any atom is 0.279 e. The van der Waals surface area contributed by atoms with Crippen LogP contribution in [0.4, 0.5) is 5.69 Å². The van der Waals surface area contributed by atoms with Crippen LogP contribution in [0.2, 0.25) is 0 Å². The summed E-state index contributed by atoms with van der Waals surface area (Å²) in [6.07, 6.45) is 3.52. The number of nitrogens with one attached hydrogen (secondary N) is 2. The minimum Gasteiger partial charge on any atom is -0.323 e. The number of likely N-dealkylation sites (N-methyl/N-ethyl adjacent to an activating group) is 1. The molecule has 1 aliphatic rings. The number of benzene rings is 2. The minimum atomic E-state index is 0.0873. The summed E-state index contributed by atoms with van der Waals surface area (Å²) in [6, 6.07) is 15.1. The molecule has 0 aliphatic heterocycles. The van der Waals surface area contributed by atoms with E-state index in [4.69, 9.17) is 0 Å². The smallest absolute Gasteiger partial charge is 0.279 e. The van der Waals surface area contributed by atoms with E-state index in [0.717, 1.165) is 24.1 Å². The lowest BCUT2D eigenvalue weighted by Crippen LogP contribution is -3.10. The first-order chi connectivity index (χ1) is 11.6. The predicted octanol–water partition coefficient (Wildman–Crippen LogP) is 2.83. The van der Waals surface area contributed by atoms with Crippen molar-refractivity contribution < 1.29 is 9.69 Å². The van der Waals surface area contributed by atoms with Gasteiger partial charge in [0.1, 0.15) is 6.04 Å². The molecule has 0 radical (unpaired) electrons. The number of quaternary nitrogens is 1. The summed E-state index contributed by atoms with van der Waals surface area (Å²) < 4.78 is 0. The van der Waals surface area contributed by atoms with Crippen LogP contribution in [0, 0.1) is 13.8 Å². The van der Waals surface area contributed by atoms with E-state index in [1.807, 2.05) is 12.1 Å². The third-order valence-corrected chi connectivity index (χ3v) is 5.28. The average Bonchev–Trinajstić information content (AvgIpc) is 2.58. The molecule has 2 N–H and O–H groups in total. The van der Waals surface area contributed by atoms with Crippen molar-refractivity contribution in [2.75, 3.05) is 18.9 Å². The summed E-state index contributed by atoms with van der Waals surface area (Å²) >= 11 is 0. The van der Waals surface area contributed by atoms with Crippen molar-refractivity contribution in [1.82, 2.24) is 0 Å². The zero-order valence-corrected chi connectivity index (χ0v) is 14.9. The topological polar surface area (TPSA) is 33.5 Å². The summed E-state index contributed by atoms with van der Waals surface area (Å²) in [5.41, 5.74) is 6.14. The van der Waals surface area contributed by atoms with Gasteiger partial charge in [-0.15, -0.1) is 0 Å². The van der Waals surface area contributed by atoms with Crippen LogP contribution < -0.4 is 10.2 Å². The van der Waals surface area contributed by atoms with Crippen LogP contribution in [0.3, 0.4) is 0 Å². The van der Waals surface area contributed by atoms with Crippen LogP contribution in [0.5, 0.6) is 0 Å². The first kappa shape index (κ1) is 16.7. The minimum absolute atomic E-state index is 0.0873. The van der Waals surface area contributed by atoms with Crippen LogP contribution >= 0.6 is 0 Å². The molecule has 0 spiro atoms. The molecule has 3 heteroatoms.